The van der Waals surface area contributed by atoms with E-state index in [4.69, 9.17) is 0 Å². The van der Waals surface area contributed by atoms with Gasteiger partial charge in [0.15, 0.2) is 5.78 Å². The maximum Gasteiger partial charge on any atom is 0.325 e. The number of amides is 3. The normalized spacial score (nSPS) is 16.9. The Morgan fingerprint density at radius 3 is 2.63 bits per heavy atom. The molecule has 0 bridgehead atoms. The molecular formula is C20H24N4O3. The number of pyridine rings is 1. The third kappa shape index (κ3) is 3.63. The fraction of sp³-hybridized carbons (Fsp3) is 0.400. The lowest BCUT2D eigenvalue weighted by atomic mass is 10.0. The summed E-state index contributed by atoms with van der Waals surface area (Å²) in [5.41, 5.74) is 2.09. The number of aryl methyl sites for hydroxylation is 1. The molecule has 0 aliphatic carbocycles. The van der Waals surface area contributed by atoms with Crippen LogP contribution < -0.4 is 5.32 Å². The van der Waals surface area contributed by atoms with Crippen molar-refractivity contribution in [1.29, 1.82) is 0 Å². The summed E-state index contributed by atoms with van der Waals surface area (Å²) in [5, 5.41) is 2.67. The van der Waals surface area contributed by atoms with Crippen LogP contribution >= 0.6 is 0 Å². The van der Waals surface area contributed by atoms with E-state index in [9.17, 15) is 14.4 Å². The van der Waals surface area contributed by atoms with Gasteiger partial charge in [0, 0.05) is 23.1 Å². The van der Waals surface area contributed by atoms with Crippen LogP contribution in [0.15, 0.2) is 30.5 Å². The first-order chi connectivity index (χ1) is 12.8. The number of nitrogens with one attached hydrogen (secondary N) is 1. The van der Waals surface area contributed by atoms with Crippen molar-refractivity contribution < 1.29 is 14.4 Å². The third-order valence-corrected chi connectivity index (χ3v) is 4.73. The number of urea groups is 1. The highest BCUT2D eigenvalue weighted by atomic mass is 16.2. The molecule has 0 saturated carbocycles. The van der Waals surface area contributed by atoms with Crippen LogP contribution in [-0.2, 0) is 4.79 Å². The predicted molar refractivity (Wildman–Crippen MR) is 101 cm³/mol. The molecule has 1 fully saturated rings. The van der Waals surface area contributed by atoms with E-state index in [1.165, 1.54) is 0 Å². The lowest BCUT2D eigenvalue weighted by molar-refractivity contribution is -0.127. The van der Waals surface area contributed by atoms with Crippen molar-refractivity contribution in [3.8, 4) is 5.82 Å². The van der Waals surface area contributed by atoms with E-state index in [1.807, 2.05) is 50.5 Å². The molecule has 3 amide bonds. The molecule has 1 atom stereocenters. The average molecular weight is 368 g/mol. The van der Waals surface area contributed by atoms with Crippen molar-refractivity contribution >= 4 is 17.7 Å². The number of imide groups is 1. The van der Waals surface area contributed by atoms with Crippen LogP contribution in [0.3, 0.4) is 0 Å². The molecule has 0 radical (unpaired) electrons. The number of nitrogens with zero attached hydrogens (tertiary/aromatic N) is 3. The Morgan fingerprint density at radius 1 is 1.26 bits per heavy atom. The lowest BCUT2D eigenvalue weighted by Crippen LogP contribution is -2.36. The molecule has 142 valence electrons. The standard InChI is InChI=1S/C20H24N4O3/c1-12(2)9-16-19(26)23(20(27)22-16)11-17(25)15-10-13(3)24(14(15)4)18-7-5-6-8-21-18/h5-8,10,12,16H,9,11H2,1-4H3,(H,22,27)/t16-/m0/s1. The first-order valence-corrected chi connectivity index (χ1v) is 9.05. The summed E-state index contributed by atoms with van der Waals surface area (Å²) in [6.07, 6.45) is 2.25. The number of ketones is 1. The molecule has 1 aliphatic heterocycles. The molecule has 3 heterocycles. The van der Waals surface area contributed by atoms with E-state index in [0.717, 1.165) is 22.1 Å². The Bertz CT molecular complexity index is 886. The maximum absolute atomic E-state index is 12.8. The Balaban J connectivity index is 1.81. The van der Waals surface area contributed by atoms with Crippen LogP contribution in [0.2, 0.25) is 0 Å². The van der Waals surface area contributed by atoms with E-state index in [0.29, 0.717) is 12.0 Å². The van der Waals surface area contributed by atoms with Gasteiger partial charge in [-0.3, -0.25) is 14.5 Å². The number of carbonyl (C=O) groups is 3. The summed E-state index contributed by atoms with van der Waals surface area (Å²) >= 11 is 0. The van der Waals surface area contributed by atoms with Gasteiger partial charge in [-0.1, -0.05) is 19.9 Å². The number of Topliss-reactive ketones (excluding diaryl/α,β-unsaturated/α-hetero) is 1. The SMILES string of the molecule is Cc1cc(C(=O)CN2C(=O)N[C@@H](CC(C)C)C2=O)c(C)n1-c1ccccn1. The molecule has 27 heavy (non-hydrogen) atoms. The first kappa shape index (κ1) is 18.8. The number of aromatic nitrogens is 2. The smallest absolute Gasteiger partial charge is 0.325 e. The summed E-state index contributed by atoms with van der Waals surface area (Å²) in [5.74, 6) is 0.394. The Hall–Kier alpha value is -2.96. The largest absolute Gasteiger partial charge is 0.326 e. The van der Waals surface area contributed by atoms with Gasteiger partial charge in [0.2, 0.25) is 0 Å². The van der Waals surface area contributed by atoms with Gasteiger partial charge < -0.3 is 9.88 Å². The van der Waals surface area contributed by atoms with E-state index < -0.39 is 12.1 Å². The zero-order chi connectivity index (χ0) is 19.7. The second-order valence-corrected chi connectivity index (χ2v) is 7.29. The Morgan fingerprint density at radius 2 is 2.00 bits per heavy atom. The minimum atomic E-state index is -0.550. The van der Waals surface area contributed by atoms with Gasteiger partial charge in [0.05, 0.1) is 6.54 Å². The van der Waals surface area contributed by atoms with Gasteiger partial charge in [0.1, 0.15) is 11.9 Å². The van der Waals surface area contributed by atoms with Gasteiger partial charge >= 0.3 is 6.03 Å². The molecule has 7 heteroatoms. The monoisotopic (exact) mass is 368 g/mol. The lowest BCUT2D eigenvalue weighted by Gasteiger charge is -2.13. The number of carbonyl (C=O) groups excluding carboxylic acids is 3. The van der Waals surface area contributed by atoms with Crippen molar-refractivity contribution in [3.05, 3.63) is 47.4 Å². The van der Waals surface area contributed by atoms with Crippen LogP contribution in [0.5, 0.6) is 0 Å². The summed E-state index contributed by atoms with van der Waals surface area (Å²) in [7, 11) is 0. The van der Waals surface area contributed by atoms with E-state index in [-0.39, 0.29) is 24.2 Å². The van der Waals surface area contributed by atoms with Gasteiger partial charge in [-0.2, -0.15) is 0 Å². The van der Waals surface area contributed by atoms with Gasteiger partial charge in [0.25, 0.3) is 5.91 Å². The van der Waals surface area contributed by atoms with Crippen molar-refractivity contribution in [2.75, 3.05) is 6.54 Å². The molecule has 2 aromatic rings. The molecule has 1 aliphatic rings. The van der Waals surface area contributed by atoms with E-state index >= 15 is 0 Å². The molecule has 0 aromatic carbocycles. The van der Waals surface area contributed by atoms with Crippen molar-refractivity contribution in [2.24, 2.45) is 5.92 Å². The highest BCUT2D eigenvalue weighted by Gasteiger charge is 2.39. The molecule has 1 N–H and O–H groups in total. The highest BCUT2D eigenvalue weighted by Crippen LogP contribution is 2.21. The van der Waals surface area contributed by atoms with Gasteiger partial charge in [-0.05, 0) is 44.4 Å². The second-order valence-electron chi connectivity index (χ2n) is 7.29. The molecule has 0 spiro atoms. The third-order valence-electron chi connectivity index (χ3n) is 4.73. The summed E-state index contributed by atoms with van der Waals surface area (Å²) < 4.78 is 1.89. The number of rotatable bonds is 6. The van der Waals surface area contributed by atoms with E-state index in [1.54, 1.807) is 12.3 Å². The molecule has 2 aromatic heterocycles. The fourth-order valence-corrected chi connectivity index (χ4v) is 3.47. The van der Waals surface area contributed by atoms with Gasteiger partial charge in [-0.25, -0.2) is 9.78 Å². The fourth-order valence-electron chi connectivity index (χ4n) is 3.47. The molecule has 7 nitrogen and oxygen atoms in total. The summed E-state index contributed by atoms with van der Waals surface area (Å²) in [6.45, 7) is 7.44. The van der Waals surface area contributed by atoms with Crippen molar-refractivity contribution in [2.45, 2.75) is 40.2 Å². The van der Waals surface area contributed by atoms with Crippen LogP contribution in [-0.4, -0.2) is 44.8 Å². The number of hydrogen-bond donors (Lipinski definition) is 1. The molecular weight excluding hydrogens is 344 g/mol. The summed E-state index contributed by atoms with van der Waals surface area (Å²) in [6, 6.07) is 6.29. The van der Waals surface area contributed by atoms with Crippen LogP contribution in [0.4, 0.5) is 4.79 Å². The molecule has 0 unspecified atom stereocenters. The van der Waals surface area contributed by atoms with Gasteiger partial charge in [-0.15, -0.1) is 0 Å². The first-order valence-electron chi connectivity index (χ1n) is 9.05. The minimum absolute atomic E-state index is 0.258. The predicted octanol–water partition coefficient (Wildman–Crippen LogP) is 2.64. The molecule has 1 saturated heterocycles. The Labute approximate surface area is 158 Å². The van der Waals surface area contributed by atoms with Crippen LogP contribution in [0.1, 0.15) is 42.0 Å². The van der Waals surface area contributed by atoms with Crippen molar-refractivity contribution in [3.63, 3.8) is 0 Å². The average Bonchev–Trinajstić information content (AvgIpc) is 3.05. The second kappa shape index (κ2) is 7.34. The Kier molecular flexibility index (Phi) is 5.12. The summed E-state index contributed by atoms with van der Waals surface area (Å²) in [4.78, 5) is 42.8. The van der Waals surface area contributed by atoms with E-state index in [2.05, 4.69) is 10.3 Å². The van der Waals surface area contributed by atoms with Crippen molar-refractivity contribution in [1.82, 2.24) is 19.8 Å². The number of hydrogen-bond acceptors (Lipinski definition) is 4. The minimum Gasteiger partial charge on any atom is -0.326 e. The maximum atomic E-state index is 12.8. The topological polar surface area (TPSA) is 84.3 Å². The highest BCUT2D eigenvalue weighted by molar-refractivity contribution is 6.09. The molecule has 3 rings (SSSR count). The quantitative estimate of drug-likeness (QED) is 0.627. The van der Waals surface area contributed by atoms with Crippen LogP contribution in [0.25, 0.3) is 5.82 Å². The zero-order valence-corrected chi connectivity index (χ0v) is 16.0. The van der Waals surface area contributed by atoms with Crippen LogP contribution in [0, 0.1) is 19.8 Å². The zero-order valence-electron chi connectivity index (χ0n) is 16.0.